The molecule has 0 aromatic carbocycles. The quantitative estimate of drug-likeness (QED) is 0.376. The van der Waals surface area contributed by atoms with Gasteiger partial charge in [0.05, 0.1) is 0 Å². The van der Waals surface area contributed by atoms with Crippen LogP contribution in [0.5, 0.6) is 0 Å². The number of halogens is 5. The first-order chi connectivity index (χ1) is 10.2. The van der Waals surface area contributed by atoms with Crippen LogP contribution in [0.3, 0.4) is 0 Å². The maximum absolute atomic E-state index is 12.6. The minimum Gasteiger partial charge on any atom is -0.301 e. The molecule has 0 saturated heterocycles. The van der Waals surface area contributed by atoms with Crippen LogP contribution in [-0.2, 0) is 11.9 Å². The first kappa shape index (κ1) is 16.9. The molecule has 11 heteroatoms. The Morgan fingerprint density at radius 3 is 2.45 bits per heavy atom. The third-order valence-corrected chi connectivity index (χ3v) is 3.98. The fourth-order valence-electron chi connectivity index (χ4n) is 1.47. The van der Waals surface area contributed by atoms with Crippen LogP contribution < -0.4 is 10.3 Å². The molecular weight excluding hydrogens is 366 g/mol. The normalized spacial score (nSPS) is 11.7. The summed E-state index contributed by atoms with van der Waals surface area (Å²) in [6.45, 7) is 0. The Morgan fingerprint density at radius 2 is 1.91 bits per heavy atom. The predicted octanol–water partition coefficient (Wildman–Crippen LogP) is 2.91. The third-order valence-electron chi connectivity index (χ3n) is 2.43. The topological polar surface area (TPSA) is 69.9 Å². The van der Waals surface area contributed by atoms with Gasteiger partial charge in [-0.15, -0.1) is 0 Å². The van der Waals surface area contributed by atoms with Gasteiger partial charge in [0.2, 0.25) is 12.4 Å². The number of aromatic amines is 1. The van der Waals surface area contributed by atoms with Crippen LogP contribution in [0.25, 0.3) is 0 Å². The van der Waals surface area contributed by atoms with Gasteiger partial charge in [0.15, 0.2) is 10.9 Å². The van der Waals surface area contributed by atoms with Gasteiger partial charge >= 0.3 is 6.18 Å². The van der Waals surface area contributed by atoms with Gasteiger partial charge in [0, 0.05) is 22.1 Å². The van der Waals surface area contributed by atoms with Crippen molar-refractivity contribution >= 4 is 35.0 Å². The number of pyridine rings is 1. The zero-order valence-electron chi connectivity index (χ0n) is 10.5. The number of rotatable bonds is 3. The average molecular weight is 373 g/mol. The highest BCUT2D eigenvalue weighted by Crippen LogP contribution is 2.31. The Balaban J connectivity index is 2.26. The van der Waals surface area contributed by atoms with Crippen molar-refractivity contribution in [2.45, 2.75) is 17.1 Å². The van der Waals surface area contributed by atoms with E-state index in [0.717, 1.165) is 11.8 Å². The monoisotopic (exact) mass is 372 g/mol. The summed E-state index contributed by atoms with van der Waals surface area (Å²) >= 11 is 12.6. The van der Waals surface area contributed by atoms with E-state index in [2.05, 4.69) is 9.97 Å². The van der Waals surface area contributed by atoms with Crippen LogP contribution in [0.4, 0.5) is 13.2 Å². The third kappa shape index (κ3) is 4.05. The van der Waals surface area contributed by atoms with E-state index in [9.17, 15) is 23.2 Å². The lowest BCUT2D eigenvalue weighted by Crippen LogP contribution is -2.29. The number of hydrogen-bond donors (Lipinski definition) is 2. The van der Waals surface area contributed by atoms with Gasteiger partial charge in [-0.1, -0.05) is 35.0 Å². The van der Waals surface area contributed by atoms with Gasteiger partial charge in [-0.25, -0.2) is 4.98 Å². The standard InChI is InChI=1S/C11H6Cl2F3N3O2S/c12-6-2-19(21)3-7(13)5(6)4-22-10-17-8(11(14,15)16)1-9(20)18-10/h1-3H,4H2,(H-,17,18,20,21)/p+1. The molecule has 5 nitrogen and oxygen atoms in total. The summed E-state index contributed by atoms with van der Waals surface area (Å²) in [5.74, 6) is 0.0583. The van der Waals surface area contributed by atoms with Crippen molar-refractivity contribution in [1.29, 1.82) is 0 Å². The number of nitrogens with zero attached hydrogens (tertiary/aromatic N) is 2. The van der Waals surface area contributed by atoms with Crippen LogP contribution in [-0.4, -0.2) is 15.2 Å². The highest BCUT2D eigenvalue weighted by atomic mass is 35.5. The zero-order valence-corrected chi connectivity index (χ0v) is 12.8. The number of H-pyrrole nitrogens is 1. The van der Waals surface area contributed by atoms with E-state index in [-0.39, 0.29) is 21.0 Å². The molecule has 2 aromatic rings. The van der Waals surface area contributed by atoms with Crippen molar-refractivity contribution in [2.24, 2.45) is 0 Å². The number of nitrogens with one attached hydrogen (secondary N) is 1. The predicted molar refractivity (Wildman–Crippen MR) is 73.3 cm³/mol. The Hall–Kier alpha value is -1.45. The lowest BCUT2D eigenvalue weighted by Gasteiger charge is -2.07. The molecule has 0 aliphatic heterocycles. The molecule has 0 amide bonds. The van der Waals surface area contributed by atoms with E-state index in [1.807, 2.05) is 0 Å². The van der Waals surface area contributed by atoms with E-state index in [0.29, 0.717) is 16.4 Å². The molecule has 0 aliphatic carbocycles. The summed E-state index contributed by atoms with van der Waals surface area (Å²) in [5, 5.41) is 9.25. The molecule has 0 unspecified atom stereocenters. The van der Waals surface area contributed by atoms with Crippen molar-refractivity contribution < 1.29 is 23.1 Å². The number of alkyl halides is 3. The number of thioether (sulfide) groups is 1. The van der Waals surface area contributed by atoms with Crippen molar-refractivity contribution in [2.75, 3.05) is 0 Å². The van der Waals surface area contributed by atoms with E-state index in [1.165, 1.54) is 12.4 Å². The first-order valence-electron chi connectivity index (χ1n) is 5.56. The maximum Gasteiger partial charge on any atom is 0.433 e. The molecule has 0 bridgehead atoms. The smallest absolute Gasteiger partial charge is 0.301 e. The Kier molecular flexibility index (Phi) is 4.88. The molecule has 0 fully saturated rings. The molecule has 2 aromatic heterocycles. The number of hydrogen-bond acceptors (Lipinski definition) is 4. The summed E-state index contributed by atoms with van der Waals surface area (Å²) in [6, 6.07) is 0.376. The molecule has 0 spiro atoms. The second kappa shape index (κ2) is 6.35. The molecule has 22 heavy (non-hydrogen) atoms. The largest absolute Gasteiger partial charge is 0.433 e. The summed E-state index contributed by atoms with van der Waals surface area (Å²) in [5.41, 5.74) is -1.81. The Bertz CT molecular complexity index is 744. The first-order valence-corrected chi connectivity index (χ1v) is 7.31. The molecule has 118 valence electrons. The molecule has 0 radical (unpaired) electrons. The molecular formula is C11H7Cl2F3N3O2S+. The van der Waals surface area contributed by atoms with Gasteiger partial charge < -0.3 is 4.98 Å². The second-order valence-electron chi connectivity index (χ2n) is 4.03. The molecule has 0 aliphatic rings. The summed E-state index contributed by atoms with van der Waals surface area (Å²) in [6.07, 6.45) is -2.37. The highest BCUT2D eigenvalue weighted by molar-refractivity contribution is 7.98. The fourth-order valence-corrected chi connectivity index (χ4v) is 3.14. The van der Waals surface area contributed by atoms with E-state index < -0.39 is 17.4 Å². The van der Waals surface area contributed by atoms with Crippen molar-refractivity contribution in [3.05, 3.63) is 50.1 Å². The van der Waals surface area contributed by atoms with Crippen molar-refractivity contribution in [3.63, 3.8) is 0 Å². The molecule has 0 saturated carbocycles. The molecule has 2 rings (SSSR count). The molecule has 2 N–H and O–H groups in total. The lowest BCUT2D eigenvalue weighted by atomic mass is 10.3. The van der Waals surface area contributed by atoms with Crippen LogP contribution in [0.1, 0.15) is 11.3 Å². The van der Waals surface area contributed by atoms with E-state index >= 15 is 0 Å². The van der Waals surface area contributed by atoms with Gasteiger partial charge in [-0.2, -0.15) is 13.2 Å². The second-order valence-corrected chi connectivity index (χ2v) is 5.81. The van der Waals surface area contributed by atoms with Crippen LogP contribution >= 0.6 is 35.0 Å². The van der Waals surface area contributed by atoms with Crippen LogP contribution in [0, 0.1) is 0 Å². The van der Waals surface area contributed by atoms with Crippen LogP contribution in [0.15, 0.2) is 28.4 Å². The van der Waals surface area contributed by atoms with Crippen molar-refractivity contribution in [1.82, 2.24) is 9.97 Å². The van der Waals surface area contributed by atoms with Gasteiger partial charge in [0.1, 0.15) is 10.0 Å². The van der Waals surface area contributed by atoms with Gasteiger partial charge in [0.25, 0.3) is 5.56 Å². The highest BCUT2D eigenvalue weighted by Gasteiger charge is 2.33. The molecule has 2 heterocycles. The summed E-state index contributed by atoms with van der Waals surface area (Å²) in [7, 11) is 0. The minimum absolute atomic E-state index is 0.0583. The van der Waals surface area contributed by atoms with E-state index in [1.54, 1.807) is 0 Å². The van der Waals surface area contributed by atoms with E-state index in [4.69, 9.17) is 23.2 Å². The van der Waals surface area contributed by atoms with Gasteiger partial charge in [-0.05, 0) is 0 Å². The maximum atomic E-state index is 12.6. The SMILES string of the molecule is O=c1cc(C(F)(F)F)nc(SCc2c(Cl)c[n+](O)cc2Cl)[nH]1. The Morgan fingerprint density at radius 1 is 1.32 bits per heavy atom. The van der Waals surface area contributed by atoms with Gasteiger partial charge in [-0.3, -0.25) is 10.0 Å². The number of aromatic nitrogens is 3. The average Bonchev–Trinajstić information content (AvgIpc) is 2.35. The van der Waals surface area contributed by atoms with Crippen LogP contribution in [0.2, 0.25) is 10.0 Å². The summed E-state index contributed by atoms with van der Waals surface area (Å²) < 4.78 is 38.4. The fraction of sp³-hybridized carbons (Fsp3) is 0.182. The lowest BCUT2D eigenvalue weighted by molar-refractivity contribution is -0.904. The minimum atomic E-state index is -4.71. The zero-order chi connectivity index (χ0) is 16.5. The van der Waals surface area contributed by atoms with Crippen molar-refractivity contribution in [3.8, 4) is 0 Å². The summed E-state index contributed by atoms with van der Waals surface area (Å²) in [4.78, 5) is 16.8. The Labute approximate surface area is 135 Å². The molecule has 0 atom stereocenters.